The SMILES string of the molecule is COc1c(-c2cc(C(=O)O)no2)ccc(C)c1C. The molecule has 0 saturated heterocycles. The number of carbonyl (C=O) groups is 1. The first-order valence-electron chi connectivity index (χ1n) is 5.39. The van der Waals surface area contributed by atoms with Crippen LogP contribution < -0.4 is 4.74 Å². The topological polar surface area (TPSA) is 72.6 Å². The second kappa shape index (κ2) is 4.52. The first kappa shape index (κ1) is 12.2. The summed E-state index contributed by atoms with van der Waals surface area (Å²) in [6.45, 7) is 3.91. The molecule has 0 radical (unpaired) electrons. The van der Waals surface area contributed by atoms with Gasteiger partial charge in [0.1, 0.15) is 5.75 Å². The quantitative estimate of drug-likeness (QED) is 0.902. The Bertz CT molecular complexity index is 601. The van der Waals surface area contributed by atoms with Gasteiger partial charge >= 0.3 is 5.97 Å². The van der Waals surface area contributed by atoms with Gasteiger partial charge in [0.2, 0.25) is 0 Å². The van der Waals surface area contributed by atoms with Gasteiger partial charge in [0.05, 0.1) is 12.7 Å². The van der Waals surface area contributed by atoms with Crippen molar-refractivity contribution in [1.82, 2.24) is 5.16 Å². The van der Waals surface area contributed by atoms with Crippen molar-refractivity contribution in [2.75, 3.05) is 7.11 Å². The molecule has 0 aliphatic rings. The molecular formula is C13H13NO4. The fraction of sp³-hybridized carbons (Fsp3) is 0.231. The lowest BCUT2D eigenvalue weighted by Gasteiger charge is -2.11. The second-order valence-corrected chi connectivity index (χ2v) is 3.97. The third kappa shape index (κ3) is 1.95. The zero-order valence-electron chi connectivity index (χ0n) is 10.4. The number of aryl methyl sites for hydroxylation is 1. The number of nitrogens with zero attached hydrogens (tertiary/aromatic N) is 1. The van der Waals surface area contributed by atoms with Crippen LogP contribution in [0.4, 0.5) is 0 Å². The molecular weight excluding hydrogens is 234 g/mol. The normalized spacial score (nSPS) is 10.4. The van der Waals surface area contributed by atoms with E-state index in [1.54, 1.807) is 7.11 Å². The lowest BCUT2D eigenvalue weighted by molar-refractivity contribution is 0.0686. The zero-order chi connectivity index (χ0) is 13.3. The van der Waals surface area contributed by atoms with E-state index in [1.165, 1.54) is 6.07 Å². The van der Waals surface area contributed by atoms with Gasteiger partial charge in [-0.2, -0.15) is 0 Å². The highest BCUT2D eigenvalue weighted by molar-refractivity contribution is 5.86. The molecule has 5 nitrogen and oxygen atoms in total. The molecule has 0 saturated carbocycles. The van der Waals surface area contributed by atoms with Crippen LogP contribution in [-0.4, -0.2) is 23.3 Å². The van der Waals surface area contributed by atoms with E-state index >= 15 is 0 Å². The molecule has 0 unspecified atom stereocenters. The van der Waals surface area contributed by atoms with Crippen LogP contribution in [0.1, 0.15) is 21.6 Å². The van der Waals surface area contributed by atoms with Crippen molar-refractivity contribution in [1.29, 1.82) is 0 Å². The Labute approximate surface area is 104 Å². The van der Waals surface area contributed by atoms with Crippen molar-refractivity contribution in [3.8, 4) is 17.1 Å². The summed E-state index contributed by atoms with van der Waals surface area (Å²) in [5, 5.41) is 12.3. The van der Waals surface area contributed by atoms with Crippen molar-refractivity contribution in [2.45, 2.75) is 13.8 Å². The Morgan fingerprint density at radius 2 is 2.11 bits per heavy atom. The van der Waals surface area contributed by atoms with E-state index in [0.29, 0.717) is 17.1 Å². The molecule has 0 aliphatic heterocycles. The number of methoxy groups -OCH3 is 1. The second-order valence-electron chi connectivity index (χ2n) is 3.97. The van der Waals surface area contributed by atoms with Crippen LogP contribution in [-0.2, 0) is 0 Å². The molecule has 0 atom stereocenters. The Balaban J connectivity index is 2.56. The van der Waals surface area contributed by atoms with Gasteiger partial charge in [-0.1, -0.05) is 11.2 Å². The van der Waals surface area contributed by atoms with E-state index in [9.17, 15) is 4.79 Å². The molecule has 1 aromatic carbocycles. The average molecular weight is 247 g/mol. The maximum atomic E-state index is 10.8. The molecule has 0 amide bonds. The van der Waals surface area contributed by atoms with Crippen molar-refractivity contribution in [3.63, 3.8) is 0 Å². The Kier molecular flexibility index (Phi) is 3.06. The minimum absolute atomic E-state index is 0.120. The predicted octanol–water partition coefficient (Wildman–Crippen LogP) is 2.67. The van der Waals surface area contributed by atoms with Crippen LogP contribution in [0, 0.1) is 13.8 Å². The highest BCUT2D eigenvalue weighted by Gasteiger charge is 2.17. The van der Waals surface area contributed by atoms with Gasteiger partial charge in [-0.15, -0.1) is 0 Å². The number of hydrogen-bond donors (Lipinski definition) is 1. The summed E-state index contributed by atoms with van der Waals surface area (Å²) < 4.78 is 10.4. The summed E-state index contributed by atoms with van der Waals surface area (Å²) in [6, 6.07) is 5.14. The van der Waals surface area contributed by atoms with Gasteiger partial charge in [-0.25, -0.2) is 4.79 Å². The minimum atomic E-state index is -1.12. The van der Waals surface area contributed by atoms with E-state index in [2.05, 4.69) is 5.16 Å². The van der Waals surface area contributed by atoms with E-state index in [1.807, 2.05) is 26.0 Å². The number of benzene rings is 1. The largest absolute Gasteiger partial charge is 0.496 e. The van der Waals surface area contributed by atoms with Gasteiger partial charge in [0.25, 0.3) is 0 Å². The number of carboxylic acids is 1. The number of carboxylic acid groups (broad SMARTS) is 1. The summed E-state index contributed by atoms with van der Waals surface area (Å²) >= 11 is 0. The van der Waals surface area contributed by atoms with Crippen molar-refractivity contribution >= 4 is 5.97 Å². The Hall–Kier alpha value is -2.30. The Morgan fingerprint density at radius 1 is 1.39 bits per heavy atom. The van der Waals surface area contributed by atoms with E-state index in [0.717, 1.165) is 11.1 Å². The molecule has 0 aliphatic carbocycles. The van der Waals surface area contributed by atoms with Crippen LogP contribution in [0.3, 0.4) is 0 Å². The van der Waals surface area contributed by atoms with Crippen LogP contribution in [0.25, 0.3) is 11.3 Å². The maximum absolute atomic E-state index is 10.8. The average Bonchev–Trinajstić information content (AvgIpc) is 2.82. The molecule has 1 N–H and O–H groups in total. The molecule has 1 heterocycles. The summed E-state index contributed by atoms with van der Waals surface area (Å²) in [5.41, 5.74) is 2.66. The highest BCUT2D eigenvalue weighted by atomic mass is 16.5. The third-order valence-corrected chi connectivity index (χ3v) is 2.88. The van der Waals surface area contributed by atoms with Crippen LogP contribution in [0.5, 0.6) is 5.75 Å². The summed E-state index contributed by atoms with van der Waals surface area (Å²) in [5.74, 6) is -0.0664. The van der Waals surface area contributed by atoms with E-state index in [-0.39, 0.29) is 5.69 Å². The van der Waals surface area contributed by atoms with Crippen molar-refractivity contribution in [3.05, 3.63) is 35.0 Å². The zero-order valence-corrected chi connectivity index (χ0v) is 10.4. The lowest BCUT2D eigenvalue weighted by atomic mass is 10.0. The highest BCUT2D eigenvalue weighted by Crippen LogP contribution is 2.34. The van der Waals surface area contributed by atoms with Crippen LogP contribution in [0.15, 0.2) is 22.7 Å². The molecule has 0 bridgehead atoms. The summed E-state index contributed by atoms with van der Waals surface area (Å²) in [7, 11) is 1.57. The standard InChI is InChI=1S/C13H13NO4/c1-7-4-5-9(12(17-3)8(7)2)11-6-10(13(15)16)14-18-11/h4-6H,1-3H3,(H,15,16). The van der Waals surface area contributed by atoms with Gasteiger partial charge in [0.15, 0.2) is 11.5 Å². The molecule has 1 aromatic heterocycles. The lowest BCUT2D eigenvalue weighted by Crippen LogP contribution is -1.95. The fourth-order valence-electron chi connectivity index (χ4n) is 1.75. The number of hydrogen-bond acceptors (Lipinski definition) is 4. The summed E-state index contributed by atoms with van der Waals surface area (Å²) in [4.78, 5) is 10.8. The predicted molar refractivity (Wildman–Crippen MR) is 64.9 cm³/mol. The first-order valence-corrected chi connectivity index (χ1v) is 5.39. The van der Waals surface area contributed by atoms with Gasteiger partial charge < -0.3 is 14.4 Å². The summed E-state index contributed by atoms with van der Waals surface area (Å²) in [6.07, 6.45) is 0. The first-order chi connectivity index (χ1) is 8.54. The molecule has 2 rings (SSSR count). The molecule has 2 aromatic rings. The van der Waals surface area contributed by atoms with Crippen LogP contribution in [0.2, 0.25) is 0 Å². The molecule has 0 spiro atoms. The van der Waals surface area contributed by atoms with Crippen molar-refractivity contribution < 1.29 is 19.2 Å². The molecule has 5 heteroatoms. The van der Waals surface area contributed by atoms with E-state index in [4.69, 9.17) is 14.4 Å². The minimum Gasteiger partial charge on any atom is -0.496 e. The monoisotopic (exact) mass is 247 g/mol. The van der Waals surface area contributed by atoms with Gasteiger partial charge in [-0.3, -0.25) is 0 Å². The molecule has 94 valence electrons. The number of ether oxygens (including phenoxy) is 1. The van der Waals surface area contributed by atoms with Crippen LogP contribution >= 0.6 is 0 Å². The van der Waals surface area contributed by atoms with Crippen molar-refractivity contribution in [2.24, 2.45) is 0 Å². The van der Waals surface area contributed by atoms with Gasteiger partial charge in [-0.05, 0) is 31.0 Å². The smallest absolute Gasteiger partial charge is 0.358 e. The number of rotatable bonds is 3. The number of aromatic carboxylic acids is 1. The number of aromatic nitrogens is 1. The Morgan fingerprint density at radius 3 is 2.67 bits per heavy atom. The van der Waals surface area contributed by atoms with E-state index < -0.39 is 5.97 Å². The third-order valence-electron chi connectivity index (χ3n) is 2.88. The van der Waals surface area contributed by atoms with Gasteiger partial charge in [0, 0.05) is 6.07 Å². The molecule has 18 heavy (non-hydrogen) atoms. The fourth-order valence-corrected chi connectivity index (χ4v) is 1.75. The molecule has 0 fully saturated rings. The maximum Gasteiger partial charge on any atom is 0.358 e.